The molecular formula is C19H30N4O2. The molecule has 3 N–H and O–H groups in total. The Balaban J connectivity index is 1.93. The number of urea groups is 1. The first-order valence-electron chi connectivity index (χ1n) is 8.91. The van der Waals surface area contributed by atoms with Crippen LogP contribution in [0, 0.1) is 6.92 Å². The third kappa shape index (κ3) is 5.66. The molecule has 1 saturated heterocycles. The van der Waals surface area contributed by atoms with E-state index in [1.807, 2.05) is 32.9 Å². The van der Waals surface area contributed by atoms with Gasteiger partial charge in [-0.15, -0.1) is 0 Å². The summed E-state index contributed by atoms with van der Waals surface area (Å²) in [6, 6.07) is 5.14. The Bertz CT molecular complexity index is 631. The number of carbonyl (C=O) groups excluding carboxylic acids is 2. The number of rotatable bonds is 4. The lowest BCUT2D eigenvalue weighted by Gasteiger charge is -2.23. The lowest BCUT2D eigenvalue weighted by Crippen LogP contribution is -2.51. The molecule has 0 unspecified atom stereocenters. The van der Waals surface area contributed by atoms with E-state index in [0.29, 0.717) is 0 Å². The van der Waals surface area contributed by atoms with Crippen molar-refractivity contribution in [3.05, 3.63) is 23.8 Å². The zero-order valence-corrected chi connectivity index (χ0v) is 15.9. The fraction of sp³-hybridized carbons (Fsp3) is 0.579. The fourth-order valence-corrected chi connectivity index (χ4v) is 2.97. The molecule has 2 rings (SSSR count). The molecule has 0 saturated carbocycles. The number of hydrogen-bond donors (Lipinski definition) is 3. The summed E-state index contributed by atoms with van der Waals surface area (Å²) in [5.41, 5.74) is 2.93. The largest absolute Gasteiger partial charge is 0.374 e. The van der Waals surface area contributed by atoms with Gasteiger partial charge in [-0.3, -0.25) is 10.1 Å². The highest BCUT2D eigenvalue weighted by Gasteiger charge is 2.20. The van der Waals surface area contributed by atoms with Crippen molar-refractivity contribution in [3.63, 3.8) is 0 Å². The Morgan fingerprint density at radius 1 is 1.16 bits per heavy atom. The standard InChI is InChI=1S/C19H30N4O2/c1-13-12-15(8-9-16(13)23-10-6-7-11-23)20-14(2)17(24)21-18(25)22-19(3,4)5/h8-9,12,14,20H,6-7,10-11H2,1-5H3,(H2,21,22,24,25)/t14-/m1/s1. The van der Waals surface area contributed by atoms with E-state index in [4.69, 9.17) is 0 Å². The molecule has 6 heteroatoms. The topological polar surface area (TPSA) is 73.5 Å². The normalized spacial score (nSPS) is 15.6. The average molecular weight is 346 g/mol. The predicted octanol–water partition coefficient (Wildman–Crippen LogP) is 3.02. The number of imide groups is 1. The number of benzene rings is 1. The van der Waals surface area contributed by atoms with E-state index in [9.17, 15) is 9.59 Å². The van der Waals surface area contributed by atoms with Gasteiger partial charge in [0.1, 0.15) is 6.04 Å². The van der Waals surface area contributed by atoms with Gasteiger partial charge in [0.25, 0.3) is 0 Å². The van der Waals surface area contributed by atoms with Gasteiger partial charge in [-0.25, -0.2) is 4.79 Å². The summed E-state index contributed by atoms with van der Waals surface area (Å²) >= 11 is 0. The summed E-state index contributed by atoms with van der Waals surface area (Å²) in [6.07, 6.45) is 2.49. The van der Waals surface area contributed by atoms with E-state index in [1.54, 1.807) is 6.92 Å². The van der Waals surface area contributed by atoms with Crippen LogP contribution in [-0.2, 0) is 4.79 Å². The van der Waals surface area contributed by atoms with Crippen LogP contribution in [0.25, 0.3) is 0 Å². The molecular weight excluding hydrogens is 316 g/mol. The molecule has 1 fully saturated rings. The van der Waals surface area contributed by atoms with Crippen LogP contribution < -0.4 is 20.9 Å². The van der Waals surface area contributed by atoms with Crippen molar-refractivity contribution in [2.45, 2.75) is 59.0 Å². The second kappa shape index (κ2) is 7.76. The minimum absolute atomic E-state index is 0.358. The monoisotopic (exact) mass is 346 g/mol. The van der Waals surface area contributed by atoms with Crippen molar-refractivity contribution in [1.82, 2.24) is 10.6 Å². The van der Waals surface area contributed by atoms with Crippen LogP contribution in [0.2, 0.25) is 0 Å². The lowest BCUT2D eigenvalue weighted by atomic mass is 10.1. The summed E-state index contributed by atoms with van der Waals surface area (Å²) < 4.78 is 0. The summed E-state index contributed by atoms with van der Waals surface area (Å²) in [7, 11) is 0. The second-order valence-corrected chi connectivity index (χ2v) is 7.75. The van der Waals surface area contributed by atoms with Gasteiger partial charge in [0.05, 0.1) is 0 Å². The number of nitrogens with zero attached hydrogens (tertiary/aromatic N) is 1. The van der Waals surface area contributed by atoms with Gasteiger partial charge in [0, 0.05) is 30.0 Å². The zero-order valence-electron chi connectivity index (χ0n) is 15.9. The van der Waals surface area contributed by atoms with Gasteiger partial charge < -0.3 is 15.5 Å². The number of hydrogen-bond acceptors (Lipinski definition) is 4. The van der Waals surface area contributed by atoms with Gasteiger partial charge in [-0.2, -0.15) is 0 Å². The van der Waals surface area contributed by atoms with Gasteiger partial charge in [0.15, 0.2) is 0 Å². The van der Waals surface area contributed by atoms with Crippen LogP contribution in [0.5, 0.6) is 0 Å². The maximum atomic E-state index is 12.2. The van der Waals surface area contributed by atoms with Crippen LogP contribution >= 0.6 is 0 Å². The maximum Gasteiger partial charge on any atom is 0.321 e. The van der Waals surface area contributed by atoms with Gasteiger partial charge in [-0.1, -0.05) is 0 Å². The minimum Gasteiger partial charge on any atom is -0.374 e. The van der Waals surface area contributed by atoms with Crippen molar-refractivity contribution in [1.29, 1.82) is 0 Å². The summed E-state index contributed by atoms with van der Waals surface area (Å²) in [5, 5.41) is 8.24. The summed E-state index contributed by atoms with van der Waals surface area (Å²) in [5.74, 6) is -0.358. The summed E-state index contributed by atoms with van der Waals surface area (Å²) in [6.45, 7) is 11.6. The molecule has 1 aromatic rings. The average Bonchev–Trinajstić information content (AvgIpc) is 2.99. The van der Waals surface area contributed by atoms with Crippen LogP contribution in [0.15, 0.2) is 18.2 Å². The highest BCUT2D eigenvalue weighted by atomic mass is 16.2. The Morgan fingerprint density at radius 3 is 2.36 bits per heavy atom. The first-order valence-corrected chi connectivity index (χ1v) is 8.91. The molecule has 138 valence electrons. The molecule has 3 amide bonds. The number of amides is 3. The maximum absolute atomic E-state index is 12.2. The Labute approximate surface area is 150 Å². The predicted molar refractivity (Wildman–Crippen MR) is 102 cm³/mol. The highest BCUT2D eigenvalue weighted by Crippen LogP contribution is 2.26. The number of aryl methyl sites for hydroxylation is 1. The lowest BCUT2D eigenvalue weighted by molar-refractivity contribution is -0.120. The van der Waals surface area contributed by atoms with Crippen LogP contribution in [0.4, 0.5) is 16.2 Å². The first-order chi connectivity index (χ1) is 11.7. The molecule has 1 aliphatic rings. The molecule has 0 aliphatic carbocycles. The van der Waals surface area contributed by atoms with Crippen LogP contribution in [0.3, 0.4) is 0 Å². The van der Waals surface area contributed by atoms with Crippen molar-refractivity contribution >= 4 is 23.3 Å². The molecule has 1 aromatic carbocycles. The Hall–Kier alpha value is -2.24. The first kappa shape index (κ1) is 19.1. The van der Waals surface area contributed by atoms with Gasteiger partial charge >= 0.3 is 6.03 Å². The third-order valence-electron chi connectivity index (χ3n) is 4.15. The zero-order chi connectivity index (χ0) is 18.6. The third-order valence-corrected chi connectivity index (χ3v) is 4.15. The molecule has 1 aliphatic heterocycles. The van der Waals surface area contributed by atoms with Crippen LogP contribution in [0.1, 0.15) is 46.1 Å². The van der Waals surface area contributed by atoms with Gasteiger partial charge in [0.2, 0.25) is 5.91 Å². The quantitative estimate of drug-likeness (QED) is 0.783. The highest BCUT2D eigenvalue weighted by molar-refractivity contribution is 5.98. The van der Waals surface area contributed by atoms with E-state index < -0.39 is 12.1 Å². The molecule has 6 nitrogen and oxygen atoms in total. The van der Waals surface area contributed by atoms with E-state index >= 15 is 0 Å². The molecule has 1 heterocycles. The van der Waals surface area contributed by atoms with Crippen molar-refractivity contribution in [2.24, 2.45) is 0 Å². The van der Waals surface area contributed by atoms with Crippen molar-refractivity contribution in [2.75, 3.05) is 23.3 Å². The number of anilines is 2. The fourth-order valence-electron chi connectivity index (χ4n) is 2.97. The molecule has 0 radical (unpaired) electrons. The molecule has 0 aromatic heterocycles. The SMILES string of the molecule is Cc1cc(N[C@H](C)C(=O)NC(=O)NC(C)(C)C)ccc1N1CCCC1. The second-order valence-electron chi connectivity index (χ2n) is 7.75. The molecule has 0 bridgehead atoms. The molecule has 1 atom stereocenters. The molecule has 25 heavy (non-hydrogen) atoms. The van der Waals surface area contributed by atoms with E-state index in [0.717, 1.165) is 18.8 Å². The van der Waals surface area contributed by atoms with E-state index in [-0.39, 0.29) is 11.4 Å². The van der Waals surface area contributed by atoms with E-state index in [1.165, 1.54) is 24.1 Å². The van der Waals surface area contributed by atoms with Crippen molar-refractivity contribution < 1.29 is 9.59 Å². The number of nitrogens with one attached hydrogen (secondary N) is 3. The number of carbonyl (C=O) groups is 2. The van der Waals surface area contributed by atoms with E-state index in [2.05, 4.69) is 33.8 Å². The molecule has 0 spiro atoms. The Kier molecular flexibility index (Phi) is 5.93. The summed E-state index contributed by atoms with van der Waals surface area (Å²) in [4.78, 5) is 26.4. The minimum atomic E-state index is -0.511. The van der Waals surface area contributed by atoms with Crippen molar-refractivity contribution in [3.8, 4) is 0 Å². The Morgan fingerprint density at radius 2 is 1.80 bits per heavy atom. The smallest absolute Gasteiger partial charge is 0.321 e. The van der Waals surface area contributed by atoms with Crippen LogP contribution in [-0.4, -0.2) is 36.6 Å². The van der Waals surface area contributed by atoms with Gasteiger partial charge in [-0.05, 0) is 71.2 Å².